The molecule has 2 aromatic carbocycles. The molecule has 0 saturated heterocycles. The molecular formula is C20H25NO3. The van der Waals surface area contributed by atoms with Gasteiger partial charge in [-0.3, -0.25) is 4.79 Å². The van der Waals surface area contributed by atoms with Crippen molar-refractivity contribution < 1.29 is 14.3 Å². The van der Waals surface area contributed by atoms with Crippen molar-refractivity contribution >= 4 is 5.91 Å². The average molecular weight is 327 g/mol. The molecule has 0 saturated carbocycles. The zero-order chi connectivity index (χ0) is 17.4. The van der Waals surface area contributed by atoms with Crippen LogP contribution in [0, 0.1) is 0 Å². The van der Waals surface area contributed by atoms with Gasteiger partial charge in [0.05, 0.1) is 13.7 Å². The molecule has 0 aliphatic carbocycles. The Kier molecular flexibility index (Phi) is 6.82. The summed E-state index contributed by atoms with van der Waals surface area (Å²) >= 11 is 0. The van der Waals surface area contributed by atoms with E-state index in [1.54, 1.807) is 26.4 Å². The van der Waals surface area contributed by atoms with E-state index in [2.05, 4.69) is 17.4 Å². The summed E-state index contributed by atoms with van der Waals surface area (Å²) in [5, 5.41) is 3.05. The second-order valence-electron chi connectivity index (χ2n) is 5.86. The SMILES string of the molecule is COCc1cc(C(=O)NC(C)CCc2ccccc2)ccc1OC. The molecule has 2 aromatic rings. The van der Waals surface area contributed by atoms with E-state index in [-0.39, 0.29) is 11.9 Å². The summed E-state index contributed by atoms with van der Waals surface area (Å²) in [4.78, 5) is 12.4. The van der Waals surface area contributed by atoms with Crippen LogP contribution in [0.1, 0.15) is 34.8 Å². The molecular weight excluding hydrogens is 302 g/mol. The number of methoxy groups -OCH3 is 2. The fourth-order valence-corrected chi connectivity index (χ4v) is 2.60. The lowest BCUT2D eigenvalue weighted by Crippen LogP contribution is -2.33. The highest BCUT2D eigenvalue weighted by Gasteiger charge is 2.12. The first-order valence-electron chi connectivity index (χ1n) is 8.14. The van der Waals surface area contributed by atoms with Gasteiger partial charge in [-0.05, 0) is 43.5 Å². The first kappa shape index (κ1) is 18.0. The van der Waals surface area contributed by atoms with Gasteiger partial charge in [0.25, 0.3) is 5.91 Å². The third-order valence-corrected chi connectivity index (χ3v) is 3.93. The molecule has 24 heavy (non-hydrogen) atoms. The average Bonchev–Trinajstić information content (AvgIpc) is 2.61. The molecule has 0 fully saturated rings. The molecule has 0 aliphatic heterocycles. The number of hydrogen-bond donors (Lipinski definition) is 1. The molecule has 128 valence electrons. The van der Waals surface area contributed by atoms with Gasteiger partial charge in [0.15, 0.2) is 0 Å². The number of benzene rings is 2. The molecule has 1 N–H and O–H groups in total. The Labute approximate surface area is 143 Å². The molecule has 4 heteroatoms. The number of aryl methyl sites for hydroxylation is 1. The van der Waals surface area contributed by atoms with Crippen molar-refractivity contribution in [2.45, 2.75) is 32.4 Å². The fourth-order valence-electron chi connectivity index (χ4n) is 2.60. The second-order valence-corrected chi connectivity index (χ2v) is 5.86. The molecule has 4 nitrogen and oxygen atoms in total. The number of rotatable bonds is 8. The summed E-state index contributed by atoms with van der Waals surface area (Å²) in [7, 11) is 3.23. The van der Waals surface area contributed by atoms with Crippen LogP contribution in [-0.4, -0.2) is 26.2 Å². The van der Waals surface area contributed by atoms with Gasteiger partial charge in [-0.15, -0.1) is 0 Å². The number of hydrogen-bond acceptors (Lipinski definition) is 3. The van der Waals surface area contributed by atoms with E-state index in [0.717, 1.165) is 24.2 Å². The predicted molar refractivity (Wildman–Crippen MR) is 95.4 cm³/mol. The largest absolute Gasteiger partial charge is 0.496 e. The van der Waals surface area contributed by atoms with Gasteiger partial charge in [-0.1, -0.05) is 30.3 Å². The summed E-state index contributed by atoms with van der Waals surface area (Å²) in [5.74, 6) is 0.654. The summed E-state index contributed by atoms with van der Waals surface area (Å²) in [5.41, 5.74) is 2.77. The van der Waals surface area contributed by atoms with Crippen LogP contribution in [0.4, 0.5) is 0 Å². The summed E-state index contributed by atoms with van der Waals surface area (Å²) in [6.07, 6.45) is 1.84. The van der Waals surface area contributed by atoms with Gasteiger partial charge >= 0.3 is 0 Å². The number of amides is 1. The number of nitrogens with one attached hydrogen (secondary N) is 1. The van der Waals surface area contributed by atoms with Crippen LogP contribution < -0.4 is 10.1 Å². The van der Waals surface area contributed by atoms with Crippen molar-refractivity contribution in [3.05, 3.63) is 65.2 Å². The molecule has 0 aliphatic rings. The van der Waals surface area contributed by atoms with E-state index >= 15 is 0 Å². The second kappa shape index (κ2) is 9.08. The summed E-state index contributed by atoms with van der Waals surface area (Å²) in [6.45, 7) is 2.44. The van der Waals surface area contributed by atoms with Crippen molar-refractivity contribution in [2.24, 2.45) is 0 Å². The Bertz CT molecular complexity index is 655. The highest BCUT2D eigenvalue weighted by atomic mass is 16.5. The quantitative estimate of drug-likeness (QED) is 0.806. The maximum Gasteiger partial charge on any atom is 0.251 e. The van der Waals surface area contributed by atoms with Crippen LogP contribution >= 0.6 is 0 Å². The molecule has 0 radical (unpaired) electrons. The van der Waals surface area contributed by atoms with Crippen LogP contribution in [0.15, 0.2) is 48.5 Å². The van der Waals surface area contributed by atoms with Gasteiger partial charge in [-0.2, -0.15) is 0 Å². The highest BCUT2D eigenvalue weighted by molar-refractivity contribution is 5.94. The topological polar surface area (TPSA) is 47.6 Å². The summed E-state index contributed by atoms with van der Waals surface area (Å²) < 4.78 is 10.5. The van der Waals surface area contributed by atoms with Crippen molar-refractivity contribution in [3.63, 3.8) is 0 Å². The summed E-state index contributed by atoms with van der Waals surface area (Å²) in [6, 6.07) is 15.8. The molecule has 0 bridgehead atoms. The monoisotopic (exact) mass is 327 g/mol. The molecule has 0 spiro atoms. The highest BCUT2D eigenvalue weighted by Crippen LogP contribution is 2.20. The van der Waals surface area contributed by atoms with Gasteiger partial charge in [0.2, 0.25) is 0 Å². The number of carbonyl (C=O) groups is 1. The van der Waals surface area contributed by atoms with Crippen molar-refractivity contribution in [3.8, 4) is 5.75 Å². The smallest absolute Gasteiger partial charge is 0.251 e. The first-order chi connectivity index (χ1) is 11.6. The Morgan fingerprint density at radius 1 is 1.12 bits per heavy atom. The third-order valence-electron chi connectivity index (χ3n) is 3.93. The molecule has 2 rings (SSSR count). The Hall–Kier alpha value is -2.33. The van der Waals surface area contributed by atoms with Gasteiger partial charge in [0, 0.05) is 24.3 Å². The Balaban J connectivity index is 1.94. The maximum atomic E-state index is 12.4. The Morgan fingerprint density at radius 3 is 2.54 bits per heavy atom. The van der Waals surface area contributed by atoms with E-state index in [1.165, 1.54) is 5.56 Å². The van der Waals surface area contributed by atoms with Gasteiger partial charge < -0.3 is 14.8 Å². The van der Waals surface area contributed by atoms with E-state index < -0.39 is 0 Å². The lowest BCUT2D eigenvalue weighted by atomic mass is 10.1. The predicted octanol–water partition coefficient (Wildman–Crippen LogP) is 3.59. The lowest BCUT2D eigenvalue weighted by Gasteiger charge is -2.15. The van der Waals surface area contributed by atoms with Crippen LogP contribution in [0.5, 0.6) is 5.75 Å². The maximum absolute atomic E-state index is 12.4. The van der Waals surface area contributed by atoms with Crippen molar-refractivity contribution in [2.75, 3.05) is 14.2 Å². The Morgan fingerprint density at radius 2 is 1.88 bits per heavy atom. The zero-order valence-electron chi connectivity index (χ0n) is 14.5. The normalized spacial score (nSPS) is 11.8. The van der Waals surface area contributed by atoms with Gasteiger partial charge in [0.1, 0.15) is 5.75 Å². The van der Waals surface area contributed by atoms with E-state index in [1.807, 2.05) is 31.2 Å². The van der Waals surface area contributed by atoms with Crippen molar-refractivity contribution in [1.29, 1.82) is 0 Å². The molecule has 0 heterocycles. The van der Waals surface area contributed by atoms with Gasteiger partial charge in [-0.25, -0.2) is 0 Å². The third kappa shape index (κ3) is 5.10. The van der Waals surface area contributed by atoms with Crippen LogP contribution in [0.2, 0.25) is 0 Å². The molecule has 0 aromatic heterocycles. The minimum absolute atomic E-state index is 0.0735. The molecule has 1 atom stereocenters. The molecule has 1 amide bonds. The van der Waals surface area contributed by atoms with Crippen molar-refractivity contribution in [1.82, 2.24) is 5.32 Å². The number of carbonyl (C=O) groups excluding carboxylic acids is 1. The van der Waals surface area contributed by atoms with Crippen LogP contribution in [0.25, 0.3) is 0 Å². The minimum Gasteiger partial charge on any atom is -0.496 e. The lowest BCUT2D eigenvalue weighted by molar-refractivity contribution is 0.0938. The minimum atomic E-state index is -0.0735. The van der Waals surface area contributed by atoms with E-state index in [9.17, 15) is 4.79 Å². The zero-order valence-corrected chi connectivity index (χ0v) is 14.5. The standard InChI is InChI=1S/C20H25NO3/c1-15(9-10-16-7-5-4-6-8-16)21-20(22)17-11-12-19(24-3)18(13-17)14-23-2/h4-8,11-13,15H,9-10,14H2,1-3H3,(H,21,22). The van der Waals surface area contributed by atoms with E-state index in [0.29, 0.717) is 12.2 Å². The number of ether oxygens (including phenoxy) is 2. The van der Waals surface area contributed by atoms with E-state index in [4.69, 9.17) is 9.47 Å². The van der Waals surface area contributed by atoms with Crippen LogP contribution in [0.3, 0.4) is 0 Å². The first-order valence-corrected chi connectivity index (χ1v) is 8.14. The molecule has 1 unspecified atom stereocenters. The fraction of sp³-hybridized carbons (Fsp3) is 0.350. The van der Waals surface area contributed by atoms with Crippen LogP contribution in [-0.2, 0) is 17.8 Å².